The minimum atomic E-state index is -0.794. The van der Waals surface area contributed by atoms with Gasteiger partial charge < -0.3 is 20.6 Å². The smallest absolute Gasteiger partial charge is 0.354 e. The van der Waals surface area contributed by atoms with E-state index >= 15 is 0 Å². The quantitative estimate of drug-likeness (QED) is 0.199. The van der Waals surface area contributed by atoms with Crippen LogP contribution in [0.2, 0.25) is 0 Å². The first kappa shape index (κ1) is 21.1. The molecular formula is C17H21N5O5S2. The van der Waals surface area contributed by atoms with Gasteiger partial charge >= 0.3 is 5.97 Å². The fraction of sp³-hybridized carbons (Fsp3) is 0.471. The van der Waals surface area contributed by atoms with Crippen molar-refractivity contribution in [2.75, 3.05) is 25.2 Å². The molecule has 0 radical (unpaired) electrons. The Labute approximate surface area is 175 Å². The molecule has 2 aliphatic rings. The number of oxime groups is 1. The van der Waals surface area contributed by atoms with Gasteiger partial charge in [-0.05, 0) is 12.5 Å². The highest BCUT2D eigenvalue weighted by Gasteiger charge is 2.53. The summed E-state index contributed by atoms with van der Waals surface area (Å²) >= 11 is 2.60. The summed E-state index contributed by atoms with van der Waals surface area (Å²) in [5.74, 6) is -0.997. The molecule has 0 aromatic carbocycles. The molecule has 156 valence electrons. The number of thiazole rings is 1. The third kappa shape index (κ3) is 4.37. The van der Waals surface area contributed by atoms with Crippen LogP contribution in [0.25, 0.3) is 0 Å². The van der Waals surface area contributed by atoms with Gasteiger partial charge in [-0.15, -0.1) is 23.1 Å². The molecule has 1 aromatic rings. The lowest BCUT2D eigenvalue weighted by molar-refractivity contribution is -0.152. The van der Waals surface area contributed by atoms with Crippen molar-refractivity contribution in [2.45, 2.75) is 31.2 Å². The number of nitrogen functional groups attached to an aromatic ring is 1. The van der Waals surface area contributed by atoms with Gasteiger partial charge in [0.25, 0.3) is 11.8 Å². The van der Waals surface area contributed by atoms with Crippen molar-refractivity contribution < 1.29 is 24.0 Å². The van der Waals surface area contributed by atoms with Gasteiger partial charge in [0.15, 0.2) is 10.8 Å². The largest absolute Gasteiger partial charge is 0.461 e. The number of nitrogens with two attached hydrogens (primary N) is 1. The molecule has 1 saturated heterocycles. The van der Waals surface area contributed by atoms with Crippen molar-refractivity contribution in [1.82, 2.24) is 15.2 Å². The second-order valence-corrected chi connectivity index (χ2v) is 8.19. The Morgan fingerprint density at radius 1 is 1.48 bits per heavy atom. The zero-order valence-corrected chi connectivity index (χ0v) is 17.5. The Kier molecular flexibility index (Phi) is 6.75. The van der Waals surface area contributed by atoms with Crippen LogP contribution in [0, 0.1) is 0 Å². The van der Waals surface area contributed by atoms with Gasteiger partial charge in [-0.1, -0.05) is 18.5 Å². The number of hydrogen-bond donors (Lipinski definition) is 2. The number of carbonyl (C=O) groups excluding carboxylic acids is 3. The van der Waals surface area contributed by atoms with Crippen molar-refractivity contribution in [1.29, 1.82) is 0 Å². The van der Waals surface area contributed by atoms with Crippen molar-refractivity contribution in [2.24, 2.45) is 5.16 Å². The Bertz CT molecular complexity index is 868. The maximum absolute atomic E-state index is 12.7. The number of aromatic nitrogens is 1. The SMILES string of the molecule is CCCCOC(=O)C1=CCS[C@H]2C(NC(=O)C(=NOC)c3csc(N)n3)C(=O)N12. The molecule has 1 fully saturated rings. The first-order valence-corrected chi connectivity index (χ1v) is 10.9. The molecule has 3 heterocycles. The van der Waals surface area contributed by atoms with Crippen LogP contribution in [0.3, 0.4) is 0 Å². The molecule has 1 unspecified atom stereocenters. The Hall–Kier alpha value is -2.60. The van der Waals surface area contributed by atoms with Crippen LogP contribution in [-0.2, 0) is 24.0 Å². The first-order chi connectivity index (χ1) is 14.0. The molecule has 10 nitrogen and oxygen atoms in total. The highest BCUT2D eigenvalue weighted by Crippen LogP contribution is 2.37. The number of nitrogens with one attached hydrogen (secondary N) is 1. The van der Waals surface area contributed by atoms with Gasteiger partial charge in [-0.2, -0.15) is 0 Å². The summed E-state index contributed by atoms with van der Waals surface area (Å²) < 4.78 is 5.22. The van der Waals surface area contributed by atoms with Crippen LogP contribution in [0.15, 0.2) is 22.3 Å². The number of β-lactam (4-membered cyclic amide) rings is 1. The molecule has 29 heavy (non-hydrogen) atoms. The predicted octanol–water partition coefficient (Wildman–Crippen LogP) is 0.703. The van der Waals surface area contributed by atoms with E-state index in [1.165, 1.54) is 23.8 Å². The number of carbonyl (C=O) groups is 3. The molecule has 0 saturated carbocycles. The van der Waals surface area contributed by atoms with Crippen LogP contribution < -0.4 is 11.1 Å². The summed E-state index contributed by atoms with van der Waals surface area (Å²) in [5.41, 5.74) is 6.01. The highest BCUT2D eigenvalue weighted by molar-refractivity contribution is 8.00. The molecular weight excluding hydrogens is 418 g/mol. The summed E-state index contributed by atoms with van der Waals surface area (Å²) in [6, 6.07) is -0.794. The van der Waals surface area contributed by atoms with Gasteiger partial charge in [-0.25, -0.2) is 9.78 Å². The van der Waals surface area contributed by atoms with E-state index < -0.39 is 23.3 Å². The Morgan fingerprint density at radius 3 is 2.93 bits per heavy atom. The summed E-state index contributed by atoms with van der Waals surface area (Å²) in [5, 5.41) is 7.82. The molecule has 2 aliphatic heterocycles. The van der Waals surface area contributed by atoms with Crippen molar-refractivity contribution in [3.63, 3.8) is 0 Å². The number of nitrogens with zero attached hydrogens (tertiary/aromatic N) is 3. The van der Waals surface area contributed by atoms with Gasteiger partial charge in [0, 0.05) is 11.1 Å². The summed E-state index contributed by atoms with van der Waals surface area (Å²) in [6.45, 7) is 2.30. The second-order valence-electron chi connectivity index (χ2n) is 6.16. The van der Waals surface area contributed by atoms with Gasteiger partial charge in [0.2, 0.25) is 0 Å². The van der Waals surface area contributed by atoms with Crippen LogP contribution >= 0.6 is 23.1 Å². The average Bonchev–Trinajstić information content (AvgIpc) is 3.15. The molecule has 0 aliphatic carbocycles. The number of unbranched alkanes of at least 4 members (excludes halogenated alkanes) is 1. The molecule has 0 bridgehead atoms. The van der Waals surface area contributed by atoms with Crippen LogP contribution in [0.5, 0.6) is 0 Å². The average molecular weight is 440 g/mol. The van der Waals surface area contributed by atoms with E-state index in [1.807, 2.05) is 6.92 Å². The van der Waals surface area contributed by atoms with Gasteiger partial charge in [0.1, 0.15) is 29.9 Å². The standard InChI is InChI=1S/C17H21N5O5S2/c1-3-4-6-27-16(25)10-5-7-28-15-12(14(24)22(10)15)20-13(23)11(21-26-2)9-8-29-17(18)19-9/h5,8,12,15H,3-4,6-7H2,1-2H3,(H2,18,19)(H,20,23)/t12?,15-/m0/s1. The topological polar surface area (TPSA) is 136 Å². The van der Waals surface area contributed by atoms with Gasteiger partial charge in [0.05, 0.1) is 6.61 Å². The van der Waals surface area contributed by atoms with E-state index in [9.17, 15) is 14.4 Å². The van der Waals surface area contributed by atoms with Crippen LogP contribution in [0.4, 0.5) is 5.13 Å². The minimum absolute atomic E-state index is 0.0812. The highest BCUT2D eigenvalue weighted by atomic mass is 32.2. The lowest BCUT2D eigenvalue weighted by atomic mass is 10.0. The van der Waals surface area contributed by atoms with Gasteiger partial charge in [-0.3, -0.25) is 14.5 Å². The fourth-order valence-electron chi connectivity index (χ4n) is 2.81. The maximum atomic E-state index is 12.7. The minimum Gasteiger partial charge on any atom is -0.461 e. The Balaban J connectivity index is 1.67. The molecule has 2 amide bonds. The zero-order valence-electron chi connectivity index (χ0n) is 15.9. The third-order valence-electron chi connectivity index (χ3n) is 4.24. The van der Waals surface area contributed by atoms with E-state index in [2.05, 4.69) is 15.5 Å². The number of esters is 1. The van der Waals surface area contributed by atoms with Crippen LogP contribution in [0.1, 0.15) is 25.5 Å². The van der Waals surface area contributed by atoms with Crippen molar-refractivity contribution >= 4 is 51.7 Å². The monoisotopic (exact) mass is 439 g/mol. The summed E-state index contributed by atoms with van der Waals surface area (Å²) in [6.07, 6.45) is 3.32. The molecule has 1 aromatic heterocycles. The molecule has 2 atom stereocenters. The number of amides is 2. The second kappa shape index (κ2) is 9.27. The number of hydrogen-bond acceptors (Lipinski definition) is 10. The normalized spacial score (nSPS) is 21.0. The fourth-order valence-corrected chi connectivity index (χ4v) is 4.56. The van der Waals surface area contributed by atoms with E-state index in [0.29, 0.717) is 12.4 Å². The number of rotatable bonds is 8. The Morgan fingerprint density at radius 2 is 2.28 bits per heavy atom. The predicted molar refractivity (Wildman–Crippen MR) is 109 cm³/mol. The summed E-state index contributed by atoms with van der Waals surface area (Å²) in [4.78, 5) is 47.7. The summed E-state index contributed by atoms with van der Waals surface area (Å²) in [7, 11) is 1.30. The molecule has 3 N–H and O–H groups in total. The van der Waals surface area contributed by atoms with E-state index in [1.54, 1.807) is 11.5 Å². The number of ether oxygens (including phenoxy) is 1. The first-order valence-electron chi connectivity index (χ1n) is 8.93. The number of fused-ring (bicyclic) bond motifs is 1. The van der Waals surface area contributed by atoms with Crippen LogP contribution in [-0.4, -0.2) is 64.3 Å². The molecule has 12 heteroatoms. The maximum Gasteiger partial charge on any atom is 0.354 e. The van der Waals surface area contributed by atoms with E-state index in [-0.39, 0.29) is 28.1 Å². The number of thioether (sulfide) groups is 1. The zero-order chi connectivity index (χ0) is 21.0. The van der Waals surface area contributed by atoms with Crippen molar-refractivity contribution in [3.05, 3.63) is 22.8 Å². The molecule has 0 spiro atoms. The third-order valence-corrected chi connectivity index (χ3v) is 6.09. The number of anilines is 1. The van der Waals surface area contributed by atoms with Crippen molar-refractivity contribution in [3.8, 4) is 0 Å². The lowest BCUT2D eigenvalue weighted by Gasteiger charge is -2.48. The van der Waals surface area contributed by atoms with E-state index in [4.69, 9.17) is 15.3 Å². The van der Waals surface area contributed by atoms with E-state index in [0.717, 1.165) is 24.2 Å². The lowest BCUT2D eigenvalue weighted by Crippen LogP contribution is -2.70. The molecule has 3 rings (SSSR count).